The van der Waals surface area contributed by atoms with Gasteiger partial charge in [-0.25, -0.2) is 0 Å². The highest BCUT2D eigenvalue weighted by atomic mass is 35.5. The van der Waals surface area contributed by atoms with Crippen molar-refractivity contribution in [2.45, 2.75) is 0 Å². The van der Waals surface area contributed by atoms with Crippen LogP contribution in [0.3, 0.4) is 0 Å². The Kier molecular flexibility index (Phi) is 7.01. The number of hydrogen-bond donors (Lipinski definition) is 2. The Morgan fingerprint density at radius 1 is 0.600 bits per heavy atom. The molecule has 0 amide bonds. The molecule has 3 aromatic rings. The van der Waals surface area contributed by atoms with Crippen LogP contribution in [0.2, 0.25) is 15.9 Å². The zero-order valence-corrected chi connectivity index (χ0v) is 15.2. The monoisotopic (exact) mass is 393 g/mol. The average molecular weight is 395 g/mol. The van der Waals surface area contributed by atoms with E-state index in [1.807, 2.05) is 60.7 Å². The van der Waals surface area contributed by atoms with Crippen LogP contribution in [-0.4, -0.2) is 15.0 Å². The second-order valence-electron chi connectivity index (χ2n) is 4.73. The summed E-state index contributed by atoms with van der Waals surface area (Å²) in [5.74, 6) is 0. The van der Waals surface area contributed by atoms with Crippen molar-refractivity contribution in [3.05, 3.63) is 75.5 Å². The highest BCUT2D eigenvalue weighted by Gasteiger charge is 1.97. The van der Waals surface area contributed by atoms with Crippen LogP contribution in [0.5, 0.6) is 0 Å². The van der Waals surface area contributed by atoms with E-state index in [1.54, 1.807) is 0 Å². The van der Waals surface area contributed by atoms with Gasteiger partial charge < -0.3 is 11.5 Å². The number of para-hydroxylation sites is 2. The molecule has 1 heterocycles. The molecule has 0 bridgehead atoms. The first-order valence-corrected chi connectivity index (χ1v) is 8.19. The summed E-state index contributed by atoms with van der Waals surface area (Å²) in [6, 6.07) is 15.5. The Bertz CT molecular complexity index is 786. The zero-order valence-electron chi connectivity index (χ0n) is 12.9. The molecule has 0 aliphatic carbocycles. The van der Waals surface area contributed by atoms with Crippen LogP contribution in [0, 0.1) is 0 Å². The number of aromatic nitrogens is 3. The predicted molar refractivity (Wildman–Crippen MR) is 105 cm³/mol. The number of nitrogen functional groups attached to an aromatic ring is 2. The number of rotatable bonds is 2. The molecule has 0 atom stereocenters. The van der Waals surface area contributed by atoms with E-state index in [1.165, 1.54) is 0 Å². The van der Waals surface area contributed by atoms with Gasteiger partial charge in [-0.1, -0.05) is 48.6 Å². The lowest BCUT2D eigenvalue weighted by Crippen LogP contribution is -1.89. The second kappa shape index (κ2) is 9.22. The van der Waals surface area contributed by atoms with Crippen molar-refractivity contribution < 1.29 is 0 Å². The second-order valence-corrected chi connectivity index (χ2v) is 5.75. The van der Waals surface area contributed by atoms with Gasteiger partial charge in [0.05, 0.1) is 0 Å². The minimum Gasteiger partial charge on any atom is -0.398 e. The average Bonchev–Trinajstić information content (AvgIpc) is 2.55. The lowest BCUT2D eigenvalue weighted by atomic mass is 10.1. The fourth-order valence-corrected chi connectivity index (χ4v) is 2.42. The molecule has 8 heteroatoms. The van der Waals surface area contributed by atoms with Gasteiger partial charge in [-0.15, -0.1) is 0 Å². The van der Waals surface area contributed by atoms with E-state index in [-0.39, 0.29) is 15.9 Å². The van der Waals surface area contributed by atoms with Gasteiger partial charge in [0, 0.05) is 11.4 Å². The third kappa shape index (κ3) is 6.23. The first-order chi connectivity index (χ1) is 12.0. The fraction of sp³-hybridized carbons (Fsp3) is 0. The van der Waals surface area contributed by atoms with Gasteiger partial charge >= 0.3 is 0 Å². The number of anilines is 2. The lowest BCUT2D eigenvalue weighted by Gasteiger charge is -2.00. The first-order valence-electron chi connectivity index (χ1n) is 7.05. The Hall–Kier alpha value is -2.34. The summed E-state index contributed by atoms with van der Waals surface area (Å²) in [6.07, 6.45) is 3.95. The van der Waals surface area contributed by atoms with Crippen molar-refractivity contribution in [1.82, 2.24) is 15.0 Å². The number of halogens is 3. The number of nitrogens with two attached hydrogens (primary N) is 2. The van der Waals surface area contributed by atoms with Gasteiger partial charge in [0.2, 0.25) is 15.9 Å². The maximum Gasteiger partial charge on any atom is 0.227 e. The molecule has 5 nitrogen and oxygen atoms in total. The Morgan fingerprint density at radius 3 is 1.24 bits per heavy atom. The molecular formula is C17H14Cl3N5. The molecule has 0 spiro atoms. The van der Waals surface area contributed by atoms with E-state index in [9.17, 15) is 0 Å². The molecule has 0 aliphatic heterocycles. The number of benzene rings is 2. The summed E-state index contributed by atoms with van der Waals surface area (Å²) in [4.78, 5) is 10.4. The summed E-state index contributed by atoms with van der Waals surface area (Å²) in [5, 5.41) is 0.00000000000000178. The van der Waals surface area contributed by atoms with Crippen LogP contribution in [0.4, 0.5) is 11.4 Å². The standard InChI is InChI=1S/C14H14N2.C3Cl3N3/c15-13-7-3-1-5-11(13)9-10-12-6-2-4-8-14(12)16;4-1-7-2(5)9-3(6)8-1/h1-10H,15-16H2;/b10-9+;. The molecule has 0 fully saturated rings. The number of hydrogen-bond acceptors (Lipinski definition) is 5. The maximum absolute atomic E-state index is 5.84. The predicted octanol–water partition coefficient (Wildman–Crippen LogP) is 4.85. The molecule has 1 aromatic heterocycles. The van der Waals surface area contributed by atoms with Gasteiger partial charge in [-0.05, 0) is 58.1 Å². The fourth-order valence-electron chi connectivity index (χ4n) is 1.81. The van der Waals surface area contributed by atoms with Crippen molar-refractivity contribution in [3.8, 4) is 0 Å². The van der Waals surface area contributed by atoms with E-state index in [0.717, 1.165) is 22.5 Å². The number of nitrogens with zero attached hydrogens (tertiary/aromatic N) is 3. The highest BCUT2D eigenvalue weighted by molar-refractivity contribution is 6.33. The summed E-state index contributed by atoms with van der Waals surface area (Å²) < 4.78 is 0. The van der Waals surface area contributed by atoms with Gasteiger partial charge in [0.15, 0.2) is 0 Å². The van der Waals surface area contributed by atoms with Crippen LogP contribution >= 0.6 is 34.8 Å². The molecular weight excluding hydrogens is 381 g/mol. The Morgan fingerprint density at radius 2 is 0.920 bits per heavy atom. The molecule has 0 saturated heterocycles. The zero-order chi connectivity index (χ0) is 18.2. The maximum atomic E-state index is 5.84. The third-order valence-corrected chi connectivity index (χ3v) is 3.50. The summed E-state index contributed by atoms with van der Waals surface area (Å²) >= 11 is 16.0. The summed E-state index contributed by atoms with van der Waals surface area (Å²) in [6.45, 7) is 0. The van der Waals surface area contributed by atoms with Gasteiger partial charge in [0.25, 0.3) is 0 Å². The Balaban J connectivity index is 0.000000212. The smallest absolute Gasteiger partial charge is 0.227 e. The van der Waals surface area contributed by atoms with Crippen LogP contribution in [0.1, 0.15) is 11.1 Å². The third-order valence-electron chi connectivity index (χ3n) is 2.99. The SMILES string of the molecule is Clc1nc(Cl)nc(Cl)n1.Nc1ccccc1/C=C/c1ccccc1N. The Labute approximate surface area is 160 Å². The quantitative estimate of drug-likeness (QED) is 0.479. The first kappa shape index (κ1) is 19.0. The van der Waals surface area contributed by atoms with E-state index in [0.29, 0.717) is 0 Å². The minimum atomic E-state index is 0.000000000000000444. The van der Waals surface area contributed by atoms with Crippen LogP contribution in [-0.2, 0) is 0 Å². The van der Waals surface area contributed by atoms with E-state index in [4.69, 9.17) is 46.3 Å². The van der Waals surface area contributed by atoms with Crippen molar-refractivity contribution in [1.29, 1.82) is 0 Å². The van der Waals surface area contributed by atoms with E-state index in [2.05, 4.69) is 15.0 Å². The summed E-state index contributed by atoms with van der Waals surface area (Å²) in [5.41, 5.74) is 15.2. The van der Waals surface area contributed by atoms with Crippen molar-refractivity contribution in [2.75, 3.05) is 11.5 Å². The van der Waals surface area contributed by atoms with Gasteiger partial charge in [-0.2, -0.15) is 15.0 Å². The van der Waals surface area contributed by atoms with Crippen molar-refractivity contribution in [2.24, 2.45) is 0 Å². The van der Waals surface area contributed by atoms with Crippen LogP contribution in [0.25, 0.3) is 12.2 Å². The van der Waals surface area contributed by atoms with Crippen molar-refractivity contribution >= 4 is 58.3 Å². The van der Waals surface area contributed by atoms with Gasteiger partial charge in [0.1, 0.15) is 0 Å². The normalized spacial score (nSPS) is 10.4. The molecule has 2 aromatic carbocycles. The molecule has 0 unspecified atom stereocenters. The topological polar surface area (TPSA) is 90.7 Å². The molecule has 128 valence electrons. The molecule has 3 rings (SSSR count). The van der Waals surface area contributed by atoms with Gasteiger partial charge in [-0.3, -0.25) is 0 Å². The van der Waals surface area contributed by atoms with E-state index >= 15 is 0 Å². The molecule has 0 saturated carbocycles. The van der Waals surface area contributed by atoms with Crippen LogP contribution < -0.4 is 11.5 Å². The van der Waals surface area contributed by atoms with Crippen LogP contribution in [0.15, 0.2) is 48.5 Å². The highest BCUT2D eigenvalue weighted by Crippen LogP contribution is 2.17. The van der Waals surface area contributed by atoms with Crippen molar-refractivity contribution in [3.63, 3.8) is 0 Å². The molecule has 0 radical (unpaired) electrons. The lowest BCUT2D eigenvalue weighted by molar-refractivity contribution is 1.05. The molecule has 0 aliphatic rings. The summed E-state index contributed by atoms with van der Waals surface area (Å²) in [7, 11) is 0. The minimum absolute atomic E-state index is 0.000000000000000444. The van der Waals surface area contributed by atoms with E-state index < -0.39 is 0 Å². The molecule has 25 heavy (non-hydrogen) atoms. The largest absolute Gasteiger partial charge is 0.398 e. The molecule has 4 N–H and O–H groups in total.